The number of guanidine groups is 1. The summed E-state index contributed by atoms with van der Waals surface area (Å²) in [5.74, 6) is -9.10. The predicted molar refractivity (Wildman–Crippen MR) is 215 cm³/mol. The van der Waals surface area contributed by atoms with Crippen molar-refractivity contribution in [2.75, 3.05) is 19.8 Å². The van der Waals surface area contributed by atoms with Crippen molar-refractivity contribution < 1.29 is 63.9 Å². The lowest BCUT2D eigenvalue weighted by atomic mass is 10.0. The van der Waals surface area contributed by atoms with Gasteiger partial charge < -0.3 is 85.4 Å². The number of hydrogen-bond donors (Lipinski definition) is 16. The Bertz CT molecular complexity index is 1860. The third-order valence-electron chi connectivity index (χ3n) is 8.91. The van der Waals surface area contributed by atoms with Crippen LogP contribution in [0.25, 0.3) is 0 Å². The summed E-state index contributed by atoms with van der Waals surface area (Å²) in [6.45, 7) is -1.09. The zero-order valence-electron chi connectivity index (χ0n) is 33.7. The average molecular weight is 878 g/mol. The first kappa shape index (κ1) is 51.2. The van der Waals surface area contributed by atoms with Crippen LogP contribution in [0.15, 0.2) is 41.8 Å². The second-order valence-electron chi connectivity index (χ2n) is 13.9. The fourth-order valence-corrected chi connectivity index (χ4v) is 5.53. The Morgan fingerprint density at radius 3 is 1.71 bits per heavy atom. The van der Waals surface area contributed by atoms with Gasteiger partial charge in [-0.3, -0.25) is 38.6 Å². The number of carboxylic acid groups (broad SMARTS) is 1. The van der Waals surface area contributed by atoms with Crippen LogP contribution in [0.5, 0.6) is 5.75 Å². The molecule has 0 spiro atoms. The lowest BCUT2D eigenvalue weighted by molar-refractivity contribution is -0.145. The number of carboxylic acids is 1. The summed E-state index contributed by atoms with van der Waals surface area (Å²) in [7, 11) is 0. The number of imidazole rings is 1. The molecule has 26 nitrogen and oxygen atoms in total. The monoisotopic (exact) mass is 877 g/mol. The molecule has 2 aromatic rings. The number of aliphatic hydroxyl groups excluding tert-OH is 3. The number of hydrogen-bond acceptors (Lipinski definition) is 15. The summed E-state index contributed by atoms with van der Waals surface area (Å²) in [4.78, 5) is 114. The van der Waals surface area contributed by atoms with Crippen LogP contribution in [0, 0.1) is 0 Å². The van der Waals surface area contributed by atoms with Gasteiger partial charge in [-0.2, -0.15) is 0 Å². The Kier molecular flexibility index (Phi) is 21.2. The highest BCUT2D eigenvalue weighted by Gasteiger charge is 2.34. The van der Waals surface area contributed by atoms with Gasteiger partial charge in [-0.1, -0.05) is 12.1 Å². The minimum atomic E-state index is -1.83. The number of amides is 7. The Balaban J connectivity index is 2.27. The third kappa shape index (κ3) is 17.8. The number of aromatic amines is 1. The molecule has 0 aliphatic heterocycles. The lowest BCUT2D eigenvalue weighted by Crippen LogP contribution is -2.61. The van der Waals surface area contributed by atoms with E-state index in [1.165, 1.54) is 36.8 Å². The molecular weight excluding hydrogens is 822 g/mol. The Morgan fingerprint density at radius 2 is 1.23 bits per heavy atom. The Morgan fingerprint density at radius 1 is 0.726 bits per heavy atom. The molecule has 8 unspecified atom stereocenters. The van der Waals surface area contributed by atoms with Gasteiger partial charge >= 0.3 is 5.97 Å². The standard InChI is InChI=1S/C36H55N13O13/c1-17(52)28(35(61)62)49-32(58)24(11-18-4-6-20(53)7-5-18)46-33(59)25(14-50)48-34(60)26(15-51)47-30(56)22(3-2-10-42-36(39)40)45-31(57)23(8-9-27(38)54)44-29(55)21(37)12-19-13-41-16-43-19/h4-7,13,16-17,21-26,28,50-53H,2-3,8-12,14-15,37H2,1H3,(H2,38,54)(H,41,43)(H,44,55)(H,45,57)(H,46,59)(H,47,56)(H,48,60)(H,49,58)(H,61,62)(H4,39,40,42). The molecule has 8 atom stereocenters. The number of phenolic OH excluding ortho intramolecular Hbond substituents is 1. The third-order valence-corrected chi connectivity index (χ3v) is 8.91. The molecule has 0 saturated carbocycles. The van der Waals surface area contributed by atoms with Crippen LogP contribution < -0.4 is 54.8 Å². The van der Waals surface area contributed by atoms with E-state index in [1.807, 2.05) is 0 Å². The van der Waals surface area contributed by atoms with Crippen molar-refractivity contribution in [3.05, 3.63) is 48.0 Å². The van der Waals surface area contributed by atoms with Gasteiger partial charge in [0.2, 0.25) is 41.4 Å². The first-order chi connectivity index (χ1) is 29.2. The molecule has 0 radical (unpaired) electrons. The quantitative estimate of drug-likeness (QED) is 0.0225. The van der Waals surface area contributed by atoms with Crippen LogP contribution >= 0.6 is 0 Å². The number of H-pyrrole nitrogens is 1. The van der Waals surface area contributed by atoms with Crippen molar-refractivity contribution >= 4 is 53.3 Å². The van der Waals surface area contributed by atoms with Crippen LogP contribution in [0.4, 0.5) is 0 Å². The molecule has 2 rings (SSSR count). The van der Waals surface area contributed by atoms with E-state index in [0.717, 1.165) is 6.92 Å². The van der Waals surface area contributed by atoms with Gasteiger partial charge in [0.25, 0.3) is 0 Å². The van der Waals surface area contributed by atoms with E-state index in [0.29, 0.717) is 11.3 Å². The second kappa shape index (κ2) is 25.7. The number of nitrogens with one attached hydrogen (secondary N) is 7. The van der Waals surface area contributed by atoms with E-state index in [-0.39, 0.29) is 56.8 Å². The zero-order valence-corrected chi connectivity index (χ0v) is 33.7. The molecule has 1 aromatic heterocycles. The number of primary amides is 1. The van der Waals surface area contributed by atoms with E-state index >= 15 is 0 Å². The topological polar surface area (TPSA) is 455 Å². The van der Waals surface area contributed by atoms with Crippen LogP contribution in [-0.2, 0) is 51.2 Å². The normalized spacial score (nSPS) is 14.8. The van der Waals surface area contributed by atoms with Crippen LogP contribution in [0.3, 0.4) is 0 Å². The van der Waals surface area contributed by atoms with Gasteiger partial charge in [0.1, 0.15) is 36.0 Å². The number of aromatic nitrogens is 2. The number of rotatable bonds is 27. The van der Waals surface area contributed by atoms with Crippen molar-refractivity contribution in [2.24, 2.45) is 27.9 Å². The molecule has 0 fully saturated rings. The number of benzene rings is 1. The number of carbonyl (C=O) groups excluding carboxylic acids is 7. The van der Waals surface area contributed by atoms with Crippen molar-refractivity contribution in [3.63, 3.8) is 0 Å². The predicted octanol–water partition coefficient (Wildman–Crippen LogP) is -7.09. The number of carbonyl (C=O) groups is 8. The van der Waals surface area contributed by atoms with Gasteiger partial charge in [-0.05, 0) is 43.9 Å². The van der Waals surface area contributed by atoms with Crippen molar-refractivity contribution in [3.8, 4) is 5.75 Å². The number of nitrogens with zero attached hydrogens (tertiary/aromatic N) is 2. The fraction of sp³-hybridized carbons (Fsp3) is 0.500. The van der Waals surface area contributed by atoms with Crippen molar-refractivity contribution in [1.82, 2.24) is 41.9 Å². The maximum Gasteiger partial charge on any atom is 0.328 e. The summed E-state index contributed by atoms with van der Waals surface area (Å²) < 4.78 is 0. The second-order valence-corrected chi connectivity index (χ2v) is 13.9. The molecule has 1 aromatic carbocycles. The molecule has 0 aliphatic rings. The summed E-state index contributed by atoms with van der Waals surface area (Å²) in [6.07, 6.45) is 0.155. The average Bonchev–Trinajstić information content (AvgIpc) is 3.73. The molecular formula is C36H55N13O13. The Labute approximate surface area is 354 Å². The highest BCUT2D eigenvalue weighted by molar-refractivity contribution is 5.97. The van der Waals surface area contributed by atoms with Gasteiger partial charge in [0.15, 0.2) is 12.0 Å². The largest absolute Gasteiger partial charge is 0.508 e. The van der Waals surface area contributed by atoms with E-state index in [2.05, 4.69) is 46.9 Å². The van der Waals surface area contributed by atoms with Gasteiger partial charge in [0.05, 0.1) is 31.7 Å². The van der Waals surface area contributed by atoms with Crippen molar-refractivity contribution in [1.29, 1.82) is 0 Å². The molecule has 1 heterocycles. The highest BCUT2D eigenvalue weighted by Crippen LogP contribution is 2.12. The number of aliphatic imine (C=N–C) groups is 1. The first-order valence-corrected chi connectivity index (χ1v) is 19.0. The number of aliphatic carboxylic acids is 1. The zero-order chi connectivity index (χ0) is 46.5. The van der Waals surface area contributed by atoms with Gasteiger partial charge in [-0.25, -0.2) is 9.78 Å². The number of aromatic hydroxyl groups is 1. The number of phenols is 1. The molecule has 26 heteroatoms. The van der Waals surface area contributed by atoms with E-state index in [4.69, 9.17) is 22.9 Å². The summed E-state index contributed by atoms with van der Waals surface area (Å²) >= 11 is 0. The first-order valence-electron chi connectivity index (χ1n) is 19.0. The van der Waals surface area contributed by atoms with E-state index in [1.54, 1.807) is 0 Å². The molecule has 20 N–H and O–H groups in total. The molecule has 0 bridgehead atoms. The van der Waals surface area contributed by atoms with Gasteiger partial charge in [-0.15, -0.1) is 0 Å². The van der Waals surface area contributed by atoms with Crippen molar-refractivity contribution in [2.45, 2.75) is 93.8 Å². The SMILES string of the molecule is CC(O)C(NC(=O)C(Cc1ccc(O)cc1)NC(=O)C(CO)NC(=O)C(CO)NC(=O)C(CCCN=C(N)N)NC(=O)C(CCC(N)=O)NC(=O)C(N)Cc1cnc[nH]1)C(=O)O. The minimum absolute atomic E-state index is 0.00211. The molecule has 0 saturated heterocycles. The van der Waals surface area contributed by atoms with E-state index < -0.39 is 109 Å². The van der Waals surface area contributed by atoms with Crippen LogP contribution in [0.2, 0.25) is 0 Å². The fourth-order valence-electron chi connectivity index (χ4n) is 5.53. The molecule has 0 aliphatic carbocycles. The molecule has 7 amide bonds. The molecule has 62 heavy (non-hydrogen) atoms. The number of nitrogens with two attached hydrogens (primary N) is 4. The number of aliphatic hydroxyl groups is 3. The summed E-state index contributed by atoms with van der Waals surface area (Å²) in [6, 6.07) is -5.78. The molecule has 342 valence electrons. The minimum Gasteiger partial charge on any atom is -0.508 e. The lowest BCUT2D eigenvalue weighted by Gasteiger charge is -2.27. The summed E-state index contributed by atoms with van der Waals surface area (Å²) in [5.41, 5.74) is 22.9. The van der Waals surface area contributed by atoms with Crippen LogP contribution in [-0.4, -0.2) is 157 Å². The van der Waals surface area contributed by atoms with Gasteiger partial charge in [0, 0.05) is 37.7 Å². The van der Waals surface area contributed by atoms with E-state index in [9.17, 15) is 63.9 Å². The summed E-state index contributed by atoms with van der Waals surface area (Å²) in [5, 5.41) is 62.8. The highest BCUT2D eigenvalue weighted by atomic mass is 16.4. The maximum atomic E-state index is 13.6. The Hall–Kier alpha value is -6.90. The maximum absolute atomic E-state index is 13.6. The smallest absolute Gasteiger partial charge is 0.328 e. The van der Waals surface area contributed by atoms with Crippen LogP contribution in [0.1, 0.15) is 43.9 Å².